The van der Waals surface area contributed by atoms with Gasteiger partial charge >= 0.3 is 0 Å². The molecule has 0 radical (unpaired) electrons. The molecule has 2 aromatic heterocycles. The fourth-order valence-electron chi connectivity index (χ4n) is 3.66. The maximum Gasteiger partial charge on any atom is 0.138 e. The molecule has 4 heterocycles. The lowest BCUT2D eigenvalue weighted by molar-refractivity contribution is 0.378. The molecule has 0 amide bonds. The summed E-state index contributed by atoms with van der Waals surface area (Å²) in [6.45, 7) is 4.34. The van der Waals surface area contributed by atoms with Crippen LogP contribution in [0.1, 0.15) is 36.1 Å². The highest BCUT2D eigenvalue weighted by atomic mass is 32.1. The van der Waals surface area contributed by atoms with Gasteiger partial charge in [-0.2, -0.15) is 0 Å². The molecule has 5 heteroatoms. The Morgan fingerprint density at radius 3 is 2.70 bits per heavy atom. The molecular formula is C15H20N4S. The molecule has 2 N–H and O–H groups in total. The van der Waals surface area contributed by atoms with Gasteiger partial charge in [0, 0.05) is 23.0 Å². The van der Waals surface area contributed by atoms with Crippen molar-refractivity contribution in [2.75, 3.05) is 5.32 Å². The molecule has 2 saturated heterocycles. The molecule has 2 aliphatic heterocycles. The van der Waals surface area contributed by atoms with Gasteiger partial charge in [0.1, 0.15) is 17.0 Å². The summed E-state index contributed by atoms with van der Waals surface area (Å²) < 4.78 is 0. The lowest BCUT2D eigenvalue weighted by Crippen LogP contribution is -2.43. The van der Waals surface area contributed by atoms with Crippen LogP contribution in [-0.2, 0) is 0 Å². The van der Waals surface area contributed by atoms with Gasteiger partial charge in [0.2, 0.25) is 0 Å². The van der Waals surface area contributed by atoms with Gasteiger partial charge in [-0.1, -0.05) is 0 Å². The molecule has 2 atom stereocenters. The van der Waals surface area contributed by atoms with Crippen LogP contribution in [0.3, 0.4) is 0 Å². The number of hydrogen-bond donors (Lipinski definition) is 2. The Hall–Kier alpha value is -1.20. The Kier molecular flexibility index (Phi) is 2.93. The van der Waals surface area contributed by atoms with Crippen LogP contribution in [0.15, 0.2) is 6.33 Å². The predicted molar refractivity (Wildman–Crippen MR) is 83.5 cm³/mol. The first kappa shape index (κ1) is 12.5. The summed E-state index contributed by atoms with van der Waals surface area (Å²) >= 11 is 1.76. The number of hydrogen-bond acceptors (Lipinski definition) is 5. The molecule has 2 bridgehead atoms. The van der Waals surface area contributed by atoms with Gasteiger partial charge in [0.15, 0.2) is 0 Å². The summed E-state index contributed by atoms with van der Waals surface area (Å²) in [6, 6.07) is 1.95. The Balaban J connectivity index is 1.65. The number of nitrogens with one attached hydrogen (secondary N) is 2. The van der Waals surface area contributed by atoms with E-state index in [1.807, 2.05) is 0 Å². The van der Waals surface area contributed by atoms with Crippen molar-refractivity contribution < 1.29 is 0 Å². The average Bonchev–Trinajstić information content (AvgIpc) is 2.91. The summed E-state index contributed by atoms with van der Waals surface area (Å²) in [4.78, 5) is 11.4. The first-order valence-electron chi connectivity index (χ1n) is 7.44. The second-order valence-electron chi connectivity index (χ2n) is 6.14. The third-order valence-corrected chi connectivity index (χ3v) is 5.89. The monoisotopic (exact) mass is 288 g/mol. The molecule has 0 saturated carbocycles. The van der Waals surface area contributed by atoms with E-state index in [1.54, 1.807) is 17.7 Å². The van der Waals surface area contributed by atoms with Gasteiger partial charge in [-0.15, -0.1) is 11.3 Å². The molecule has 4 rings (SSSR count). The van der Waals surface area contributed by atoms with Crippen molar-refractivity contribution in [2.45, 2.75) is 57.7 Å². The van der Waals surface area contributed by atoms with Crippen LogP contribution in [0.5, 0.6) is 0 Å². The fourth-order valence-corrected chi connectivity index (χ4v) is 4.66. The first-order chi connectivity index (χ1) is 9.70. The van der Waals surface area contributed by atoms with E-state index in [0.717, 1.165) is 10.6 Å². The van der Waals surface area contributed by atoms with E-state index >= 15 is 0 Å². The highest BCUT2D eigenvalue weighted by Crippen LogP contribution is 2.34. The Labute approximate surface area is 123 Å². The minimum Gasteiger partial charge on any atom is -0.367 e. The van der Waals surface area contributed by atoms with Crippen LogP contribution in [0.4, 0.5) is 5.82 Å². The number of nitrogens with zero attached hydrogens (tertiary/aromatic N) is 2. The Bertz CT molecular complexity index is 639. The second kappa shape index (κ2) is 4.67. The molecule has 4 nitrogen and oxygen atoms in total. The smallest absolute Gasteiger partial charge is 0.138 e. The van der Waals surface area contributed by atoms with Gasteiger partial charge in [-0.05, 0) is 45.1 Å². The number of rotatable bonds is 2. The molecule has 2 fully saturated rings. The van der Waals surface area contributed by atoms with Crippen LogP contribution in [0.2, 0.25) is 0 Å². The minimum atomic E-state index is 0.548. The number of anilines is 1. The van der Waals surface area contributed by atoms with E-state index in [-0.39, 0.29) is 0 Å². The lowest BCUT2D eigenvalue weighted by atomic mass is 9.99. The largest absolute Gasteiger partial charge is 0.367 e. The van der Waals surface area contributed by atoms with Crippen LogP contribution < -0.4 is 10.6 Å². The van der Waals surface area contributed by atoms with Gasteiger partial charge in [0.05, 0.1) is 5.39 Å². The molecular weight excluding hydrogens is 268 g/mol. The zero-order chi connectivity index (χ0) is 13.7. The number of aryl methyl sites for hydroxylation is 2. The van der Waals surface area contributed by atoms with Crippen LogP contribution in [0.25, 0.3) is 10.2 Å². The summed E-state index contributed by atoms with van der Waals surface area (Å²) in [6.07, 6.45) is 6.78. The molecule has 0 aromatic carbocycles. The average molecular weight is 288 g/mol. The third-order valence-electron chi connectivity index (χ3n) is 4.78. The molecule has 106 valence electrons. The highest BCUT2D eigenvalue weighted by Gasteiger charge is 2.33. The fraction of sp³-hybridized carbons (Fsp3) is 0.600. The van der Waals surface area contributed by atoms with E-state index in [2.05, 4.69) is 34.4 Å². The molecule has 0 aliphatic carbocycles. The van der Waals surface area contributed by atoms with Gasteiger partial charge < -0.3 is 10.6 Å². The first-order valence-corrected chi connectivity index (χ1v) is 8.25. The Morgan fingerprint density at radius 2 is 1.95 bits per heavy atom. The molecule has 2 unspecified atom stereocenters. The van der Waals surface area contributed by atoms with Crippen molar-refractivity contribution in [3.05, 3.63) is 16.8 Å². The maximum absolute atomic E-state index is 4.51. The van der Waals surface area contributed by atoms with Gasteiger partial charge in [0.25, 0.3) is 0 Å². The number of thiophene rings is 1. The number of fused-ring (bicyclic) bond motifs is 3. The zero-order valence-corrected chi connectivity index (χ0v) is 12.8. The van der Waals surface area contributed by atoms with E-state index in [9.17, 15) is 0 Å². The normalized spacial score (nSPS) is 29.0. The zero-order valence-electron chi connectivity index (χ0n) is 11.9. The van der Waals surface area contributed by atoms with E-state index < -0.39 is 0 Å². The number of piperidine rings is 1. The summed E-state index contributed by atoms with van der Waals surface area (Å²) in [7, 11) is 0. The summed E-state index contributed by atoms with van der Waals surface area (Å²) in [5, 5.41) is 8.61. The second-order valence-corrected chi connectivity index (χ2v) is 7.34. The van der Waals surface area contributed by atoms with Crippen molar-refractivity contribution in [3.8, 4) is 0 Å². The van der Waals surface area contributed by atoms with Crippen LogP contribution in [0, 0.1) is 13.8 Å². The number of aromatic nitrogens is 2. The standard InChI is InChI=1S/C15H20N4S/c1-8-9(2)20-15-13(8)14(16-7-17-15)19-12-5-10-3-4-11(6-12)18-10/h7,10-12,18H,3-6H2,1-2H3,(H,16,17,19). The van der Waals surface area contributed by atoms with E-state index in [0.29, 0.717) is 18.1 Å². The van der Waals surface area contributed by atoms with Crippen LogP contribution in [-0.4, -0.2) is 28.1 Å². The van der Waals surface area contributed by atoms with Crippen molar-refractivity contribution in [1.82, 2.24) is 15.3 Å². The van der Waals surface area contributed by atoms with Crippen molar-refractivity contribution >= 4 is 27.4 Å². The van der Waals surface area contributed by atoms with Crippen LogP contribution >= 0.6 is 11.3 Å². The lowest BCUT2D eigenvalue weighted by Gasteiger charge is -2.30. The predicted octanol–water partition coefficient (Wildman–Crippen LogP) is 3.00. The minimum absolute atomic E-state index is 0.548. The topological polar surface area (TPSA) is 49.8 Å². The quantitative estimate of drug-likeness (QED) is 0.892. The Morgan fingerprint density at radius 1 is 1.20 bits per heavy atom. The van der Waals surface area contributed by atoms with Gasteiger partial charge in [-0.25, -0.2) is 9.97 Å². The molecule has 0 spiro atoms. The highest BCUT2D eigenvalue weighted by molar-refractivity contribution is 7.18. The SMILES string of the molecule is Cc1sc2ncnc(NC3CC4CCC(C3)N4)c2c1C. The summed E-state index contributed by atoms with van der Waals surface area (Å²) in [5.41, 5.74) is 1.32. The van der Waals surface area contributed by atoms with Crippen molar-refractivity contribution in [3.63, 3.8) is 0 Å². The third kappa shape index (κ3) is 2.00. The summed E-state index contributed by atoms with van der Waals surface area (Å²) in [5.74, 6) is 1.03. The van der Waals surface area contributed by atoms with Gasteiger partial charge in [-0.3, -0.25) is 0 Å². The van der Waals surface area contributed by atoms with E-state index in [4.69, 9.17) is 0 Å². The maximum atomic E-state index is 4.51. The molecule has 2 aliphatic rings. The van der Waals surface area contributed by atoms with Crippen molar-refractivity contribution in [2.24, 2.45) is 0 Å². The van der Waals surface area contributed by atoms with Crippen molar-refractivity contribution in [1.29, 1.82) is 0 Å². The molecule has 20 heavy (non-hydrogen) atoms. The molecule has 2 aromatic rings. The van der Waals surface area contributed by atoms with E-state index in [1.165, 1.54) is 41.5 Å².